The van der Waals surface area contributed by atoms with Crippen molar-refractivity contribution >= 4 is 27.9 Å². The molecule has 0 unspecified atom stereocenters. The number of para-hydroxylation sites is 1. The van der Waals surface area contributed by atoms with Gasteiger partial charge in [-0.1, -0.05) is 18.2 Å². The van der Waals surface area contributed by atoms with E-state index in [1.54, 1.807) is 13.0 Å². The second-order valence-corrected chi connectivity index (χ2v) is 3.86. The largest absolute Gasteiger partial charge is 0.461 e. The Kier molecular flexibility index (Phi) is 2.14. The van der Waals surface area contributed by atoms with Gasteiger partial charge in [0.2, 0.25) is 0 Å². The van der Waals surface area contributed by atoms with Crippen molar-refractivity contribution in [1.29, 1.82) is 0 Å². The molecule has 0 bridgehead atoms. The van der Waals surface area contributed by atoms with Crippen LogP contribution in [0.25, 0.3) is 21.9 Å². The number of hydrogen-bond donors (Lipinski definition) is 2. The van der Waals surface area contributed by atoms with Crippen molar-refractivity contribution in [2.45, 2.75) is 6.92 Å². The normalized spacial score (nSPS) is 11.1. The number of fused-ring (bicyclic) bond motifs is 3. The van der Waals surface area contributed by atoms with Crippen molar-refractivity contribution in [1.82, 2.24) is 9.97 Å². The second kappa shape index (κ2) is 3.66. The van der Waals surface area contributed by atoms with Gasteiger partial charge in [0, 0.05) is 10.9 Å². The summed E-state index contributed by atoms with van der Waals surface area (Å²) in [5.74, 6) is -0.318. The van der Waals surface area contributed by atoms with Crippen LogP contribution in [0.15, 0.2) is 30.3 Å². The number of carbonyl (C=O) groups is 1. The minimum Gasteiger partial charge on any atom is -0.461 e. The van der Waals surface area contributed by atoms with Crippen LogP contribution in [0.5, 0.6) is 0 Å². The Morgan fingerprint density at radius 1 is 1.24 bits per heavy atom. The van der Waals surface area contributed by atoms with Crippen molar-refractivity contribution in [3.8, 4) is 0 Å². The van der Waals surface area contributed by atoms with E-state index < -0.39 is 0 Å². The fourth-order valence-corrected chi connectivity index (χ4v) is 2.04. The molecule has 0 spiro atoms. The number of benzene rings is 1. The van der Waals surface area contributed by atoms with E-state index in [2.05, 4.69) is 9.97 Å². The summed E-state index contributed by atoms with van der Waals surface area (Å²) >= 11 is 0. The minimum atomic E-state index is -0.318. The molecule has 2 heterocycles. The third kappa shape index (κ3) is 1.49. The van der Waals surface area contributed by atoms with Gasteiger partial charge in [-0.2, -0.15) is 0 Å². The summed E-state index contributed by atoms with van der Waals surface area (Å²) in [6, 6.07) is 9.75. The highest BCUT2D eigenvalue weighted by Crippen LogP contribution is 2.25. The van der Waals surface area contributed by atoms with Gasteiger partial charge in [-0.25, -0.2) is 4.79 Å². The molecule has 0 saturated carbocycles. The Labute approximate surface area is 97.6 Å². The number of ether oxygens (including phenoxy) is 1. The molecule has 0 amide bonds. The standard InChI is InChI=1S/C13H12N2O2/c1-2-17-13(16)11-7-10-12(15-11)8-5-3-4-6-9(8)14-10/h3-7,14-15H,2H2,1H3. The third-order valence-electron chi connectivity index (χ3n) is 2.78. The number of H-pyrrole nitrogens is 2. The van der Waals surface area contributed by atoms with E-state index in [-0.39, 0.29) is 5.97 Å². The third-order valence-corrected chi connectivity index (χ3v) is 2.78. The molecule has 4 nitrogen and oxygen atoms in total. The summed E-state index contributed by atoms with van der Waals surface area (Å²) in [4.78, 5) is 17.9. The van der Waals surface area contributed by atoms with Crippen molar-refractivity contribution in [2.75, 3.05) is 6.61 Å². The van der Waals surface area contributed by atoms with Crippen LogP contribution in [-0.4, -0.2) is 22.5 Å². The van der Waals surface area contributed by atoms with E-state index in [1.165, 1.54) is 0 Å². The first kappa shape index (κ1) is 9.96. The lowest BCUT2D eigenvalue weighted by Gasteiger charge is -1.97. The number of aromatic nitrogens is 2. The van der Waals surface area contributed by atoms with Crippen LogP contribution in [0.1, 0.15) is 17.4 Å². The number of hydrogen-bond acceptors (Lipinski definition) is 2. The van der Waals surface area contributed by atoms with Gasteiger partial charge in [0.1, 0.15) is 5.69 Å². The van der Waals surface area contributed by atoms with Crippen LogP contribution < -0.4 is 0 Å². The maximum atomic E-state index is 11.6. The Balaban J connectivity index is 2.17. The van der Waals surface area contributed by atoms with Crippen LogP contribution in [0.2, 0.25) is 0 Å². The zero-order valence-corrected chi connectivity index (χ0v) is 9.41. The number of esters is 1. The first-order valence-electron chi connectivity index (χ1n) is 5.56. The lowest BCUT2D eigenvalue weighted by molar-refractivity contribution is 0.0520. The fraction of sp³-hybridized carbons (Fsp3) is 0.154. The van der Waals surface area contributed by atoms with E-state index in [0.717, 1.165) is 21.9 Å². The number of nitrogens with one attached hydrogen (secondary N) is 2. The summed E-state index contributed by atoms with van der Waals surface area (Å²) < 4.78 is 4.95. The monoisotopic (exact) mass is 228 g/mol. The van der Waals surface area contributed by atoms with Crippen LogP contribution >= 0.6 is 0 Å². The van der Waals surface area contributed by atoms with E-state index in [9.17, 15) is 4.79 Å². The van der Waals surface area contributed by atoms with Gasteiger partial charge in [0.15, 0.2) is 0 Å². The van der Waals surface area contributed by atoms with Crippen LogP contribution in [-0.2, 0) is 4.74 Å². The maximum absolute atomic E-state index is 11.6. The fourth-order valence-electron chi connectivity index (χ4n) is 2.04. The average Bonchev–Trinajstić information content (AvgIpc) is 2.86. The van der Waals surface area contributed by atoms with Crippen LogP contribution in [0.3, 0.4) is 0 Å². The van der Waals surface area contributed by atoms with Crippen molar-refractivity contribution < 1.29 is 9.53 Å². The molecule has 4 heteroatoms. The molecule has 0 aliphatic rings. The molecule has 0 aliphatic carbocycles. The van der Waals surface area contributed by atoms with E-state index in [4.69, 9.17) is 4.74 Å². The molecule has 17 heavy (non-hydrogen) atoms. The van der Waals surface area contributed by atoms with Gasteiger partial charge in [0.05, 0.1) is 17.6 Å². The molecular weight excluding hydrogens is 216 g/mol. The molecule has 3 aromatic rings. The summed E-state index contributed by atoms with van der Waals surface area (Å²) in [6.07, 6.45) is 0. The second-order valence-electron chi connectivity index (χ2n) is 3.86. The Morgan fingerprint density at radius 2 is 2.06 bits per heavy atom. The molecular formula is C13H12N2O2. The maximum Gasteiger partial charge on any atom is 0.354 e. The Hall–Kier alpha value is -2.23. The Morgan fingerprint density at radius 3 is 2.88 bits per heavy atom. The lowest BCUT2D eigenvalue weighted by Crippen LogP contribution is -2.04. The molecule has 0 saturated heterocycles. The molecule has 0 radical (unpaired) electrons. The van der Waals surface area contributed by atoms with Gasteiger partial charge in [-0.05, 0) is 19.1 Å². The predicted octanol–water partition coefficient (Wildman–Crippen LogP) is 2.83. The quantitative estimate of drug-likeness (QED) is 0.662. The van der Waals surface area contributed by atoms with Crippen LogP contribution in [0, 0.1) is 0 Å². The van der Waals surface area contributed by atoms with Crippen molar-refractivity contribution in [3.05, 3.63) is 36.0 Å². The molecule has 2 N–H and O–H groups in total. The summed E-state index contributed by atoms with van der Waals surface area (Å²) in [7, 11) is 0. The average molecular weight is 228 g/mol. The van der Waals surface area contributed by atoms with E-state index >= 15 is 0 Å². The predicted molar refractivity (Wildman–Crippen MR) is 66.1 cm³/mol. The van der Waals surface area contributed by atoms with Gasteiger partial charge >= 0.3 is 5.97 Å². The summed E-state index contributed by atoms with van der Waals surface area (Å²) in [5, 5.41) is 1.08. The topological polar surface area (TPSA) is 57.9 Å². The summed E-state index contributed by atoms with van der Waals surface area (Å²) in [5.41, 5.74) is 3.42. The first-order chi connectivity index (χ1) is 8.29. The molecule has 2 aromatic heterocycles. The van der Waals surface area contributed by atoms with Crippen molar-refractivity contribution in [3.63, 3.8) is 0 Å². The van der Waals surface area contributed by atoms with E-state index in [1.807, 2.05) is 24.3 Å². The highest BCUT2D eigenvalue weighted by atomic mass is 16.5. The van der Waals surface area contributed by atoms with Gasteiger partial charge in [0.25, 0.3) is 0 Å². The van der Waals surface area contributed by atoms with Gasteiger partial charge < -0.3 is 14.7 Å². The molecule has 0 atom stereocenters. The molecule has 86 valence electrons. The zero-order valence-electron chi connectivity index (χ0n) is 9.41. The molecule has 3 rings (SSSR count). The van der Waals surface area contributed by atoms with Crippen molar-refractivity contribution in [2.24, 2.45) is 0 Å². The van der Waals surface area contributed by atoms with Crippen LogP contribution in [0.4, 0.5) is 0 Å². The highest BCUT2D eigenvalue weighted by molar-refractivity contribution is 6.07. The number of aromatic amines is 2. The molecule has 0 fully saturated rings. The minimum absolute atomic E-state index is 0.318. The number of carbonyl (C=O) groups excluding carboxylic acids is 1. The first-order valence-corrected chi connectivity index (χ1v) is 5.56. The zero-order chi connectivity index (χ0) is 11.8. The number of rotatable bonds is 2. The molecule has 1 aromatic carbocycles. The Bertz CT molecular complexity index is 694. The van der Waals surface area contributed by atoms with Gasteiger partial charge in [-0.3, -0.25) is 0 Å². The SMILES string of the molecule is CCOC(=O)c1cc2[nH]c3ccccc3c2[nH]1. The molecule has 0 aliphatic heterocycles. The summed E-state index contributed by atoms with van der Waals surface area (Å²) in [6.45, 7) is 2.18. The lowest BCUT2D eigenvalue weighted by atomic mass is 10.2. The highest BCUT2D eigenvalue weighted by Gasteiger charge is 2.13. The smallest absolute Gasteiger partial charge is 0.354 e. The van der Waals surface area contributed by atoms with Gasteiger partial charge in [-0.15, -0.1) is 0 Å². The van der Waals surface area contributed by atoms with E-state index in [0.29, 0.717) is 12.3 Å².